The molecule has 0 aromatic heterocycles. The van der Waals surface area contributed by atoms with Gasteiger partial charge in [-0.1, -0.05) is 18.2 Å². The summed E-state index contributed by atoms with van der Waals surface area (Å²) in [6.45, 7) is 1.90. The second-order valence-corrected chi connectivity index (χ2v) is 3.98. The fourth-order valence-corrected chi connectivity index (χ4v) is 1.79. The fourth-order valence-electron chi connectivity index (χ4n) is 1.79. The van der Waals surface area contributed by atoms with Crippen molar-refractivity contribution < 1.29 is 14.3 Å². The molecule has 1 aliphatic heterocycles. The fraction of sp³-hybridized carbons (Fsp3) is 0.273. The minimum Gasteiger partial charge on any atom is -0.464 e. The number of hydrogen-bond acceptors (Lipinski definition) is 2. The number of carbonyl (C=O) groups is 1. The summed E-state index contributed by atoms with van der Waals surface area (Å²) in [6.07, 6.45) is 0.343. The Balaban J connectivity index is 2.33. The minimum absolute atomic E-state index is 0.142. The molecular formula is C11H11FN2O2. The molecule has 0 bridgehead atoms. The molecule has 0 radical (unpaired) electrons. The van der Waals surface area contributed by atoms with Crippen LogP contribution in [-0.4, -0.2) is 29.0 Å². The highest BCUT2D eigenvalue weighted by atomic mass is 19.1. The van der Waals surface area contributed by atoms with Gasteiger partial charge in [0.15, 0.2) is 0 Å². The number of nitrogens with zero attached hydrogens (tertiary/aromatic N) is 2. The highest BCUT2D eigenvalue weighted by Gasteiger charge is 2.36. The summed E-state index contributed by atoms with van der Waals surface area (Å²) in [5.74, 6) is -0.344. The highest BCUT2D eigenvalue weighted by molar-refractivity contribution is 5.79. The topological polar surface area (TPSA) is 52.9 Å². The second-order valence-electron chi connectivity index (χ2n) is 3.98. The number of hydrazone groups is 1. The van der Waals surface area contributed by atoms with Crippen LogP contribution in [0.5, 0.6) is 0 Å². The zero-order valence-corrected chi connectivity index (χ0v) is 8.72. The lowest BCUT2D eigenvalue weighted by Crippen LogP contribution is -2.33. The lowest BCUT2D eigenvalue weighted by molar-refractivity contribution is 0.147. The van der Waals surface area contributed by atoms with Crippen molar-refractivity contribution in [3.05, 3.63) is 35.6 Å². The summed E-state index contributed by atoms with van der Waals surface area (Å²) in [5.41, 5.74) is -0.230. The predicted molar refractivity (Wildman–Crippen MR) is 57.0 cm³/mol. The quantitative estimate of drug-likeness (QED) is 0.790. The van der Waals surface area contributed by atoms with Crippen LogP contribution < -0.4 is 0 Å². The van der Waals surface area contributed by atoms with Crippen LogP contribution in [0.2, 0.25) is 0 Å². The van der Waals surface area contributed by atoms with Gasteiger partial charge in [-0.3, -0.25) is 0 Å². The third-order valence-electron chi connectivity index (χ3n) is 2.67. The molecule has 5 heteroatoms. The molecule has 0 saturated heterocycles. The Morgan fingerprint density at radius 3 is 2.81 bits per heavy atom. The van der Waals surface area contributed by atoms with E-state index in [0.717, 1.165) is 5.01 Å². The van der Waals surface area contributed by atoms with Crippen LogP contribution in [0.15, 0.2) is 29.4 Å². The van der Waals surface area contributed by atoms with Crippen molar-refractivity contribution in [1.82, 2.24) is 5.01 Å². The molecule has 1 unspecified atom stereocenters. The first-order valence-corrected chi connectivity index (χ1v) is 4.83. The molecule has 0 aliphatic carbocycles. The summed E-state index contributed by atoms with van der Waals surface area (Å²) < 4.78 is 13.6. The SMILES string of the molecule is CC1(c2ccccc2F)C=NN(C(=O)O)C1. The molecule has 84 valence electrons. The second kappa shape index (κ2) is 3.59. The number of benzene rings is 1. The van der Waals surface area contributed by atoms with Crippen molar-refractivity contribution in [2.45, 2.75) is 12.3 Å². The molecule has 0 spiro atoms. The van der Waals surface area contributed by atoms with E-state index in [4.69, 9.17) is 5.11 Å². The predicted octanol–water partition coefficient (Wildman–Crippen LogP) is 2.06. The summed E-state index contributed by atoms with van der Waals surface area (Å²) in [5, 5.41) is 13.4. The van der Waals surface area contributed by atoms with Gasteiger partial charge in [-0.2, -0.15) is 10.1 Å². The highest BCUT2D eigenvalue weighted by Crippen LogP contribution is 2.29. The maximum Gasteiger partial charge on any atom is 0.427 e. The first-order valence-electron chi connectivity index (χ1n) is 4.83. The number of amides is 1. The Morgan fingerprint density at radius 2 is 2.25 bits per heavy atom. The minimum atomic E-state index is -1.13. The zero-order valence-electron chi connectivity index (χ0n) is 8.72. The van der Waals surface area contributed by atoms with E-state index < -0.39 is 11.5 Å². The molecule has 0 saturated carbocycles. The van der Waals surface area contributed by atoms with E-state index in [2.05, 4.69) is 5.10 Å². The van der Waals surface area contributed by atoms with E-state index in [-0.39, 0.29) is 12.4 Å². The lowest BCUT2D eigenvalue weighted by atomic mass is 9.84. The molecule has 4 nitrogen and oxygen atoms in total. The molecular weight excluding hydrogens is 211 g/mol. The van der Waals surface area contributed by atoms with Gasteiger partial charge in [-0.15, -0.1) is 0 Å². The number of carboxylic acid groups (broad SMARTS) is 1. The summed E-state index contributed by atoms with van der Waals surface area (Å²) >= 11 is 0. The Kier molecular flexibility index (Phi) is 2.38. The van der Waals surface area contributed by atoms with E-state index in [1.807, 2.05) is 0 Å². The average Bonchev–Trinajstić information content (AvgIpc) is 2.63. The van der Waals surface area contributed by atoms with Crippen LogP contribution in [0.25, 0.3) is 0 Å². The van der Waals surface area contributed by atoms with Gasteiger partial charge in [0, 0.05) is 11.8 Å². The monoisotopic (exact) mass is 222 g/mol. The summed E-state index contributed by atoms with van der Waals surface area (Å²) in [7, 11) is 0. The van der Waals surface area contributed by atoms with Crippen LogP contribution in [0.4, 0.5) is 9.18 Å². The van der Waals surface area contributed by atoms with Gasteiger partial charge in [0.25, 0.3) is 0 Å². The maximum absolute atomic E-state index is 13.6. The van der Waals surface area contributed by atoms with Crippen LogP contribution >= 0.6 is 0 Å². The standard InChI is InChI=1S/C11H11FN2O2/c1-11(6-13-14(7-11)10(15)16)8-4-2-3-5-9(8)12/h2-6H,7H2,1H3,(H,15,16). The van der Waals surface area contributed by atoms with E-state index in [1.54, 1.807) is 25.1 Å². The molecule has 1 N–H and O–H groups in total. The molecule has 1 amide bonds. The van der Waals surface area contributed by atoms with Gasteiger partial charge < -0.3 is 5.11 Å². The van der Waals surface area contributed by atoms with Crippen molar-refractivity contribution in [3.63, 3.8) is 0 Å². The van der Waals surface area contributed by atoms with E-state index in [9.17, 15) is 9.18 Å². The first-order chi connectivity index (χ1) is 7.53. The van der Waals surface area contributed by atoms with Crippen molar-refractivity contribution in [2.75, 3.05) is 6.54 Å². The van der Waals surface area contributed by atoms with Crippen LogP contribution in [0.1, 0.15) is 12.5 Å². The van der Waals surface area contributed by atoms with Crippen molar-refractivity contribution in [3.8, 4) is 0 Å². The lowest BCUT2D eigenvalue weighted by Gasteiger charge is -2.22. The number of hydrogen-bond donors (Lipinski definition) is 1. The Labute approximate surface area is 92.0 Å². The van der Waals surface area contributed by atoms with Crippen molar-refractivity contribution in [1.29, 1.82) is 0 Å². The molecule has 1 aromatic rings. The van der Waals surface area contributed by atoms with Gasteiger partial charge in [0.05, 0.1) is 12.0 Å². The van der Waals surface area contributed by atoms with Crippen molar-refractivity contribution in [2.24, 2.45) is 5.10 Å². The first kappa shape index (κ1) is 10.6. The number of halogens is 1. The smallest absolute Gasteiger partial charge is 0.427 e. The number of rotatable bonds is 1. The van der Waals surface area contributed by atoms with Gasteiger partial charge in [-0.25, -0.2) is 9.18 Å². The molecule has 1 atom stereocenters. The Bertz CT molecular complexity index is 461. The van der Waals surface area contributed by atoms with Crippen LogP contribution in [0.3, 0.4) is 0 Å². The van der Waals surface area contributed by atoms with E-state index >= 15 is 0 Å². The molecule has 1 heterocycles. The van der Waals surface area contributed by atoms with E-state index in [0.29, 0.717) is 5.56 Å². The average molecular weight is 222 g/mol. The summed E-state index contributed by atoms with van der Waals surface area (Å²) in [4.78, 5) is 10.7. The zero-order chi connectivity index (χ0) is 11.8. The van der Waals surface area contributed by atoms with Crippen LogP contribution in [0, 0.1) is 5.82 Å². The van der Waals surface area contributed by atoms with E-state index in [1.165, 1.54) is 12.3 Å². The van der Waals surface area contributed by atoms with Gasteiger partial charge in [0.1, 0.15) is 5.82 Å². The molecule has 1 aliphatic rings. The van der Waals surface area contributed by atoms with Crippen LogP contribution in [-0.2, 0) is 5.41 Å². The van der Waals surface area contributed by atoms with Gasteiger partial charge in [-0.05, 0) is 13.0 Å². The van der Waals surface area contributed by atoms with Gasteiger partial charge in [0.2, 0.25) is 0 Å². The van der Waals surface area contributed by atoms with Gasteiger partial charge >= 0.3 is 6.09 Å². The maximum atomic E-state index is 13.6. The third-order valence-corrected chi connectivity index (χ3v) is 2.67. The normalized spacial score (nSPS) is 23.8. The Morgan fingerprint density at radius 1 is 1.56 bits per heavy atom. The molecule has 0 fully saturated rings. The van der Waals surface area contributed by atoms with Crippen molar-refractivity contribution >= 4 is 12.3 Å². The molecule has 2 rings (SSSR count). The third kappa shape index (κ3) is 1.64. The summed E-state index contributed by atoms with van der Waals surface area (Å²) in [6, 6.07) is 6.33. The molecule has 16 heavy (non-hydrogen) atoms. The molecule has 1 aromatic carbocycles. The largest absolute Gasteiger partial charge is 0.464 e. The Hall–Kier alpha value is -1.91.